The first-order valence-electron chi connectivity index (χ1n) is 3.54. The van der Waals surface area contributed by atoms with Crippen LogP contribution in [0, 0.1) is 13.8 Å². The minimum atomic E-state index is 1.03. The van der Waals surface area contributed by atoms with Gasteiger partial charge in [0.25, 0.3) is 0 Å². The van der Waals surface area contributed by atoms with Crippen molar-refractivity contribution in [2.24, 2.45) is 0 Å². The molecule has 0 unspecified atom stereocenters. The second-order valence-corrected chi connectivity index (χ2v) is 2.69. The standard InChI is InChI=1S/C8H9N3/c1-5-3-9-6(2)7-4-10-11-8(5)7/h3-4H,1-2H3,(H,10,11). The van der Waals surface area contributed by atoms with Crippen LogP contribution in [0.5, 0.6) is 0 Å². The Hall–Kier alpha value is -1.38. The molecule has 0 saturated carbocycles. The van der Waals surface area contributed by atoms with E-state index in [1.807, 2.05) is 26.2 Å². The van der Waals surface area contributed by atoms with E-state index in [1.54, 1.807) is 0 Å². The molecular weight excluding hydrogens is 138 g/mol. The van der Waals surface area contributed by atoms with Gasteiger partial charge in [-0.15, -0.1) is 0 Å². The van der Waals surface area contributed by atoms with Crippen molar-refractivity contribution in [1.29, 1.82) is 0 Å². The fourth-order valence-electron chi connectivity index (χ4n) is 1.19. The molecule has 3 heteroatoms. The highest BCUT2D eigenvalue weighted by atomic mass is 15.1. The van der Waals surface area contributed by atoms with Gasteiger partial charge in [0.05, 0.1) is 11.7 Å². The fraction of sp³-hybridized carbons (Fsp3) is 0.250. The first-order valence-corrected chi connectivity index (χ1v) is 3.54. The van der Waals surface area contributed by atoms with Crippen molar-refractivity contribution >= 4 is 10.9 Å². The Balaban J connectivity index is 2.96. The Kier molecular flexibility index (Phi) is 1.18. The summed E-state index contributed by atoms with van der Waals surface area (Å²) in [7, 11) is 0. The fourth-order valence-corrected chi connectivity index (χ4v) is 1.19. The third-order valence-electron chi connectivity index (χ3n) is 1.88. The number of rotatable bonds is 0. The average Bonchev–Trinajstić information content (AvgIpc) is 2.45. The van der Waals surface area contributed by atoms with Crippen LogP contribution in [0.1, 0.15) is 11.3 Å². The molecule has 0 aliphatic carbocycles. The van der Waals surface area contributed by atoms with Crippen LogP contribution in [0.15, 0.2) is 12.4 Å². The van der Waals surface area contributed by atoms with Gasteiger partial charge in [0.2, 0.25) is 0 Å². The highest BCUT2D eigenvalue weighted by Gasteiger charge is 2.01. The van der Waals surface area contributed by atoms with E-state index in [9.17, 15) is 0 Å². The lowest BCUT2D eigenvalue weighted by Gasteiger charge is -1.96. The highest BCUT2D eigenvalue weighted by Crippen LogP contribution is 2.15. The summed E-state index contributed by atoms with van der Waals surface area (Å²) in [5.41, 5.74) is 3.26. The number of nitrogens with one attached hydrogen (secondary N) is 1. The molecule has 0 saturated heterocycles. The summed E-state index contributed by atoms with van der Waals surface area (Å²) in [6, 6.07) is 0. The van der Waals surface area contributed by atoms with Crippen LogP contribution in [0.2, 0.25) is 0 Å². The zero-order valence-electron chi connectivity index (χ0n) is 6.55. The molecule has 2 aromatic heterocycles. The molecule has 0 aliphatic heterocycles. The predicted octanol–water partition coefficient (Wildman–Crippen LogP) is 1.57. The molecule has 0 atom stereocenters. The minimum absolute atomic E-state index is 1.03. The van der Waals surface area contributed by atoms with Gasteiger partial charge < -0.3 is 0 Å². The molecule has 2 heterocycles. The van der Waals surface area contributed by atoms with E-state index in [0.29, 0.717) is 0 Å². The van der Waals surface area contributed by atoms with Crippen molar-refractivity contribution in [2.45, 2.75) is 13.8 Å². The van der Waals surface area contributed by atoms with Crippen molar-refractivity contribution in [2.75, 3.05) is 0 Å². The van der Waals surface area contributed by atoms with E-state index in [-0.39, 0.29) is 0 Å². The number of fused-ring (bicyclic) bond motifs is 1. The summed E-state index contributed by atoms with van der Waals surface area (Å²) in [6.45, 7) is 4.00. The van der Waals surface area contributed by atoms with Gasteiger partial charge in [-0.1, -0.05) is 0 Å². The molecule has 2 aromatic rings. The van der Waals surface area contributed by atoms with Crippen LogP contribution in [-0.2, 0) is 0 Å². The summed E-state index contributed by atoms with van der Waals surface area (Å²) in [5, 5.41) is 8.01. The van der Waals surface area contributed by atoms with Gasteiger partial charge >= 0.3 is 0 Å². The third kappa shape index (κ3) is 0.808. The van der Waals surface area contributed by atoms with E-state index in [2.05, 4.69) is 15.2 Å². The molecule has 56 valence electrons. The summed E-state index contributed by atoms with van der Waals surface area (Å²) in [6.07, 6.45) is 3.67. The molecule has 0 aliphatic rings. The zero-order valence-corrected chi connectivity index (χ0v) is 6.55. The van der Waals surface area contributed by atoms with Gasteiger partial charge in [0.1, 0.15) is 0 Å². The number of aromatic nitrogens is 3. The highest BCUT2D eigenvalue weighted by molar-refractivity contribution is 5.82. The number of H-pyrrole nitrogens is 1. The van der Waals surface area contributed by atoms with E-state index < -0.39 is 0 Å². The van der Waals surface area contributed by atoms with Crippen molar-refractivity contribution in [3.8, 4) is 0 Å². The van der Waals surface area contributed by atoms with E-state index in [1.165, 1.54) is 0 Å². The number of aromatic amines is 1. The molecule has 0 fully saturated rings. The van der Waals surface area contributed by atoms with Gasteiger partial charge in [-0.05, 0) is 19.4 Å². The minimum Gasteiger partial charge on any atom is -0.277 e. The SMILES string of the molecule is Cc1ncc(C)c2[nH]ncc12. The van der Waals surface area contributed by atoms with Gasteiger partial charge in [-0.3, -0.25) is 10.1 Å². The lowest BCUT2D eigenvalue weighted by atomic mass is 10.2. The summed E-state index contributed by atoms with van der Waals surface area (Å²) >= 11 is 0. The normalized spacial score (nSPS) is 10.7. The Bertz CT molecular complexity index is 353. The molecular formula is C8H9N3. The lowest BCUT2D eigenvalue weighted by Crippen LogP contribution is -1.84. The Morgan fingerprint density at radius 1 is 1.27 bits per heavy atom. The first kappa shape index (κ1) is 6.34. The molecule has 1 N–H and O–H groups in total. The third-order valence-corrected chi connectivity index (χ3v) is 1.88. The molecule has 2 rings (SSSR count). The summed E-state index contributed by atoms with van der Waals surface area (Å²) in [5.74, 6) is 0. The van der Waals surface area contributed by atoms with Crippen molar-refractivity contribution in [3.05, 3.63) is 23.7 Å². The van der Waals surface area contributed by atoms with Crippen molar-refractivity contribution in [3.63, 3.8) is 0 Å². The lowest BCUT2D eigenvalue weighted by molar-refractivity contribution is 1.11. The second-order valence-electron chi connectivity index (χ2n) is 2.69. The maximum Gasteiger partial charge on any atom is 0.0713 e. The number of hydrogen-bond donors (Lipinski definition) is 1. The van der Waals surface area contributed by atoms with E-state index >= 15 is 0 Å². The Morgan fingerprint density at radius 3 is 2.82 bits per heavy atom. The quantitative estimate of drug-likeness (QED) is 0.614. The Morgan fingerprint density at radius 2 is 2.09 bits per heavy atom. The second kappa shape index (κ2) is 2.05. The first-order chi connectivity index (χ1) is 5.29. The van der Waals surface area contributed by atoms with Gasteiger partial charge in [-0.2, -0.15) is 5.10 Å². The van der Waals surface area contributed by atoms with Crippen molar-refractivity contribution in [1.82, 2.24) is 15.2 Å². The molecule has 0 radical (unpaired) electrons. The number of pyridine rings is 1. The molecule has 11 heavy (non-hydrogen) atoms. The Labute approximate surface area is 64.5 Å². The maximum absolute atomic E-state index is 4.22. The van der Waals surface area contributed by atoms with Gasteiger partial charge in [0, 0.05) is 17.3 Å². The van der Waals surface area contributed by atoms with Crippen LogP contribution < -0.4 is 0 Å². The van der Waals surface area contributed by atoms with Crippen LogP contribution in [-0.4, -0.2) is 15.2 Å². The van der Waals surface area contributed by atoms with Crippen LogP contribution in [0.25, 0.3) is 10.9 Å². The average molecular weight is 147 g/mol. The molecule has 0 bridgehead atoms. The van der Waals surface area contributed by atoms with Crippen LogP contribution in [0.3, 0.4) is 0 Å². The monoisotopic (exact) mass is 147 g/mol. The van der Waals surface area contributed by atoms with E-state index in [4.69, 9.17) is 0 Å². The molecule has 0 amide bonds. The topological polar surface area (TPSA) is 41.6 Å². The smallest absolute Gasteiger partial charge is 0.0713 e. The molecule has 0 spiro atoms. The summed E-state index contributed by atoms with van der Waals surface area (Å²) in [4.78, 5) is 4.22. The van der Waals surface area contributed by atoms with Crippen molar-refractivity contribution < 1.29 is 0 Å². The largest absolute Gasteiger partial charge is 0.277 e. The molecule has 0 aromatic carbocycles. The van der Waals surface area contributed by atoms with Gasteiger partial charge in [0.15, 0.2) is 0 Å². The number of nitrogens with zero attached hydrogens (tertiary/aromatic N) is 2. The van der Waals surface area contributed by atoms with Crippen LogP contribution >= 0.6 is 0 Å². The van der Waals surface area contributed by atoms with Crippen LogP contribution in [0.4, 0.5) is 0 Å². The summed E-state index contributed by atoms with van der Waals surface area (Å²) < 4.78 is 0. The maximum atomic E-state index is 4.22. The number of hydrogen-bond acceptors (Lipinski definition) is 2. The van der Waals surface area contributed by atoms with Gasteiger partial charge in [-0.25, -0.2) is 0 Å². The number of aryl methyl sites for hydroxylation is 2. The molecule has 3 nitrogen and oxygen atoms in total. The van der Waals surface area contributed by atoms with E-state index in [0.717, 1.165) is 22.2 Å². The zero-order chi connectivity index (χ0) is 7.84. The predicted molar refractivity (Wildman–Crippen MR) is 43.4 cm³/mol.